The number of halogens is 5. The van der Waals surface area contributed by atoms with Crippen LogP contribution >= 0.6 is 0 Å². The average Bonchev–Trinajstić information content (AvgIpc) is 2.93. The maximum atomic E-state index is 13.6. The van der Waals surface area contributed by atoms with Crippen LogP contribution in [-0.4, -0.2) is 26.1 Å². The van der Waals surface area contributed by atoms with Crippen LogP contribution in [0.1, 0.15) is 17.1 Å². The molecule has 0 aliphatic carbocycles. The van der Waals surface area contributed by atoms with Gasteiger partial charge < -0.3 is 5.32 Å². The molecule has 0 aliphatic rings. The van der Waals surface area contributed by atoms with E-state index in [9.17, 15) is 22.0 Å². The van der Waals surface area contributed by atoms with E-state index in [-0.39, 0.29) is 30.1 Å². The minimum Gasteiger partial charge on any atom is -0.370 e. The van der Waals surface area contributed by atoms with Crippen LogP contribution in [-0.2, 0) is 12.6 Å². The third-order valence-corrected chi connectivity index (χ3v) is 3.41. The standard InChI is InChI=1S/C15H12F5N5/c1-8-6-12(21-5-4-9-2-3-10(16)7-11(9)17)25-14(22-8)23-13(24-25)15(18,19)20/h2-3,6-7,21H,4-5H2,1H3. The van der Waals surface area contributed by atoms with Gasteiger partial charge in [0, 0.05) is 24.4 Å². The number of hydrogen-bond acceptors (Lipinski definition) is 4. The third kappa shape index (κ3) is 3.67. The molecule has 1 N–H and O–H groups in total. The third-order valence-electron chi connectivity index (χ3n) is 3.41. The highest BCUT2D eigenvalue weighted by atomic mass is 19.4. The number of rotatable bonds is 4. The van der Waals surface area contributed by atoms with Gasteiger partial charge in [-0.25, -0.2) is 13.8 Å². The van der Waals surface area contributed by atoms with E-state index < -0.39 is 23.6 Å². The van der Waals surface area contributed by atoms with Gasteiger partial charge in [-0.15, -0.1) is 5.10 Å². The van der Waals surface area contributed by atoms with Gasteiger partial charge in [-0.3, -0.25) is 0 Å². The lowest BCUT2D eigenvalue weighted by Crippen LogP contribution is -2.12. The molecule has 0 aliphatic heterocycles. The second-order valence-electron chi connectivity index (χ2n) is 5.34. The summed E-state index contributed by atoms with van der Waals surface area (Å²) in [6.07, 6.45) is -4.48. The average molecular weight is 357 g/mol. The van der Waals surface area contributed by atoms with Crippen molar-refractivity contribution in [3.63, 3.8) is 0 Å². The number of benzene rings is 1. The van der Waals surface area contributed by atoms with Crippen LogP contribution < -0.4 is 5.32 Å². The lowest BCUT2D eigenvalue weighted by Gasteiger charge is -2.09. The van der Waals surface area contributed by atoms with E-state index >= 15 is 0 Å². The first kappa shape index (κ1) is 17.1. The van der Waals surface area contributed by atoms with Crippen molar-refractivity contribution in [1.82, 2.24) is 19.6 Å². The molecule has 2 aromatic heterocycles. The van der Waals surface area contributed by atoms with Gasteiger partial charge in [0.25, 0.3) is 11.6 Å². The van der Waals surface area contributed by atoms with E-state index in [0.29, 0.717) is 5.69 Å². The van der Waals surface area contributed by atoms with Crippen molar-refractivity contribution in [3.05, 3.63) is 53.0 Å². The molecule has 2 heterocycles. The van der Waals surface area contributed by atoms with E-state index in [1.54, 1.807) is 6.92 Å². The molecule has 10 heteroatoms. The zero-order valence-electron chi connectivity index (χ0n) is 12.9. The maximum Gasteiger partial charge on any atom is 0.453 e. The Morgan fingerprint density at radius 1 is 1.12 bits per heavy atom. The second kappa shape index (κ2) is 6.26. The molecule has 0 radical (unpaired) electrons. The van der Waals surface area contributed by atoms with Crippen molar-refractivity contribution in [2.45, 2.75) is 19.5 Å². The van der Waals surface area contributed by atoms with Crippen LogP contribution in [0.2, 0.25) is 0 Å². The summed E-state index contributed by atoms with van der Waals surface area (Å²) in [5.41, 5.74) is 0.731. The van der Waals surface area contributed by atoms with Crippen LogP contribution in [0.4, 0.5) is 27.8 Å². The number of alkyl halides is 3. The predicted octanol–water partition coefficient (Wildman–Crippen LogP) is 3.38. The predicted molar refractivity (Wildman–Crippen MR) is 79.1 cm³/mol. The number of hydrogen-bond donors (Lipinski definition) is 1. The number of anilines is 1. The first-order valence-electron chi connectivity index (χ1n) is 7.23. The molecule has 3 aromatic rings. The summed E-state index contributed by atoms with van der Waals surface area (Å²) >= 11 is 0. The highest BCUT2D eigenvalue weighted by Gasteiger charge is 2.36. The summed E-state index contributed by atoms with van der Waals surface area (Å²) in [6.45, 7) is 1.80. The Hall–Kier alpha value is -2.78. The molecule has 25 heavy (non-hydrogen) atoms. The summed E-state index contributed by atoms with van der Waals surface area (Å²) in [6, 6.07) is 4.73. The number of nitrogens with one attached hydrogen (secondary N) is 1. The van der Waals surface area contributed by atoms with Gasteiger partial charge >= 0.3 is 6.18 Å². The summed E-state index contributed by atoms with van der Waals surface area (Å²) in [5.74, 6) is -2.60. The molecule has 3 rings (SSSR count). The molecule has 0 unspecified atom stereocenters. The topological polar surface area (TPSA) is 55.1 Å². The molecule has 0 fully saturated rings. The van der Waals surface area contributed by atoms with E-state index in [4.69, 9.17) is 0 Å². The lowest BCUT2D eigenvalue weighted by atomic mass is 10.1. The Balaban J connectivity index is 1.82. The summed E-state index contributed by atoms with van der Waals surface area (Å²) in [4.78, 5) is 7.28. The quantitative estimate of drug-likeness (QED) is 0.728. The maximum absolute atomic E-state index is 13.6. The van der Waals surface area contributed by atoms with Gasteiger partial charge in [0.2, 0.25) is 0 Å². The van der Waals surface area contributed by atoms with E-state index in [1.807, 2.05) is 0 Å². The molecule has 0 saturated carbocycles. The molecule has 0 bridgehead atoms. The van der Waals surface area contributed by atoms with Crippen molar-refractivity contribution in [2.75, 3.05) is 11.9 Å². The number of aryl methyl sites for hydroxylation is 1. The van der Waals surface area contributed by atoms with E-state index in [1.165, 1.54) is 12.1 Å². The molecule has 0 spiro atoms. The summed E-state index contributed by atoms with van der Waals surface area (Å²) in [5, 5.41) is 6.29. The fourth-order valence-corrected chi connectivity index (χ4v) is 2.28. The zero-order valence-corrected chi connectivity index (χ0v) is 12.9. The smallest absolute Gasteiger partial charge is 0.370 e. The first-order chi connectivity index (χ1) is 11.7. The van der Waals surface area contributed by atoms with Crippen molar-refractivity contribution in [3.8, 4) is 0 Å². The van der Waals surface area contributed by atoms with Crippen LogP contribution in [0.25, 0.3) is 5.78 Å². The minimum absolute atomic E-state index is 0.192. The normalized spacial score (nSPS) is 11.9. The van der Waals surface area contributed by atoms with Gasteiger partial charge in [-0.05, 0) is 25.0 Å². The van der Waals surface area contributed by atoms with Crippen LogP contribution in [0.5, 0.6) is 0 Å². The number of nitrogens with zero attached hydrogens (tertiary/aromatic N) is 4. The Labute approximate surface area is 138 Å². The minimum atomic E-state index is -4.68. The Kier molecular flexibility index (Phi) is 4.27. The monoisotopic (exact) mass is 357 g/mol. The van der Waals surface area contributed by atoms with Crippen molar-refractivity contribution < 1.29 is 22.0 Å². The van der Waals surface area contributed by atoms with Gasteiger partial charge in [-0.1, -0.05) is 6.07 Å². The Morgan fingerprint density at radius 3 is 2.56 bits per heavy atom. The summed E-state index contributed by atoms with van der Waals surface area (Å²) in [7, 11) is 0. The Morgan fingerprint density at radius 2 is 1.88 bits per heavy atom. The molecule has 5 nitrogen and oxygen atoms in total. The Bertz CT molecular complexity index is 919. The highest BCUT2D eigenvalue weighted by molar-refractivity contribution is 5.45. The molecular weight excluding hydrogens is 345 g/mol. The molecule has 0 atom stereocenters. The van der Waals surface area contributed by atoms with Crippen molar-refractivity contribution in [1.29, 1.82) is 0 Å². The molecule has 0 saturated heterocycles. The number of aromatic nitrogens is 4. The highest BCUT2D eigenvalue weighted by Crippen LogP contribution is 2.27. The van der Waals surface area contributed by atoms with Gasteiger partial charge in [0.05, 0.1) is 0 Å². The lowest BCUT2D eigenvalue weighted by molar-refractivity contribution is -0.144. The van der Waals surface area contributed by atoms with Crippen molar-refractivity contribution >= 4 is 11.6 Å². The van der Waals surface area contributed by atoms with Crippen LogP contribution in [0.15, 0.2) is 24.3 Å². The molecule has 0 amide bonds. The molecule has 132 valence electrons. The van der Waals surface area contributed by atoms with E-state index in [2.05, 4.69) is 20.4 Å². The van der Waals surface area contributed by atoms with E-state index in [0.717, 1.165) is 16.6 Å². The fraction of sp³-hybridized carbons (Fsp3) is 0.267. The fourth-order valence-electron chi connectivity index (χ4n) is 2.28. The largest absolute Gasteiger partial charge is 0.453 e. The SMILES string of the molecule is Cc1cc(NCCc2ccc(F)cc2F)n2nc(C(F)(F)F)nc2n1. The number of fused-ring (bicyclic) bond motifs is 1. The first-order valence-corrected chi connectivity index (χ1v) is 7.23. The molecular formula is C15H12F5N5. The van der Waals surface area contributed by atoms with Gasteiger partial charge in [0.15, 0.2) is 0 Å². The zero-order chi connectivity index (χ0) is 18.2. The van der Waals surface area contributed by atoms with Crippen molar-refractivity contribution in [2.24, 2.45) is 0 Å². The second-order valence-corrected chi connectivity index (χ2v) is 5.34. The van der Waals surface area contributed by atoms with Crippen LogP contribution in [0, 0.1) is 18.6 Å². The molecule has 1 aromatic carbocycles. The van der Waals surface area contributed by atoms with Crippen LogP contribution in [0.3, 0.4) is 0 Å². The van der Waals surface area contributed by atoms with Gasteiger partial charge in [-0.2, -0.15) is 22.7 Å². The van der Waals surface area contributed by atoms with Gasteiger partial charge in [0.1, 0.15) is 17.5 Å². The summed E-state index contributed by atoms with van der Waals surface area (Å²) < 4.78 is 65.7.